The number of amides is 2. The molecule has 3 rings (SSSR count). The summed E-state index contributed by atoms with van der Waals surface area (Å²) in [6.45, 7) is 2.47. The Bertz CT molecular complexity index is 857. The third-order valence-corrected chi connectivity index (χ3v) is 4.70. The van der Waals surface area contributed by atoms with E-state index in [1.807, 2.05) is 0 Å². The molecule has 136 valence electrons. The number of hydrogen-bond acceptors (Lipinski definition) is 6. The second kappa shape index (κ2) is 6.41. The predicted octanol–water partition coefficient (Wildman–Crippen LogP) is 2.69. The molecule has 26 heavy (non-hydrogen) atoms. The molecule has 1 aromatic rings. The van der Waals surface area contributed by atoms with E-state index in [2.05, 4.69) is 0 Å². The van der Waals surface area contributed by atoms with Gasteiger partial charge in [0.1, 0.15) is 0 Å². The normalized spacial score (nSPS) is 22.9. The van der Waals surface area contributed by atoms with E-state index < -0.39 is 40.8 Å². The van der Waals surface area contributed by atoms with E-state index in [0.717, 1.165) is 6.92 Å². The van der Waals surface area contributed by atoms with Crippen LogP contribution >= 0.6 is 23.2 Å². The molecule has 2 heterocycles. The van der Waals surface area contributed by atoms with Crippen molar-refractivity contribution in [3.63, 3.8) is 0 Å². The van der Waals surface area contributed by atoms with Gasteiger partial charge in [0.05, 0.1) is 0 Å². The van der Waals surface area contributed by atoms with Crippen molar-refractivity contribution in [2.45, 2.75) is 32.3 Å². The quantitative estimate of drug-likeness (QED) is 0.575. The molecule has 1 atom stereocenters. The molecule has 0 bridgehead atoms. The number of ether oxygens (including phenoxy) is 2. The number of carbonyl (C=O) groups excluding carboxylic acids is 4. The maximum atomic E-state index is 13.0. The standard InChI is InChI=1S/C17H13Cl2NO6/c1-8(21)25-14-15(24)17(2,13-9(18)4-3-5-10(13)19)26-16(14)20-11(22)6-7-12(20)23/h3-5H,6-7H2,1-2H3. The Kier molecular flexibility index (Phi) is 4.54. The van der Waals surface area contributed by atoms with Crippen LogP contribution in [0.5, 0.6) is 0 Å². The topological polar surface area (TPSA) is 90.0 Å². The van der Waals surface area contributed by atoms with E-state index in [1.165, 1.54) is 19.1 Å². The highest BCUT2D eigenvalue weighted by Gasteiger charge is 2.54. The van der Waals surface area contributed by atoms with Crippen molar-refractivity contribution in [2.75, 3.05) is 0 Å². The first-order chi connectivity index (χ1) is 12.2. The first-order valence-electron chi connectivity index (χ1n) is 7.63. The summed E-state index contributed by atoms with van der Waals surface area (Å²) in [5, 5.41) is 0.298. The molecule has 0 saturated carbocycles. The Morgan fingerprint density at radius 1 is 1.15 bits per heavy atom. The summed E-state index contributed by atoms with van der Waals surface area (Å²) in [5.41, 5.74) is -1.62. The third kappa shape index (κ3) is 2.77. The highest BCUT2D eigenvalue weighted by molar-refractivity contribution is 6.36. The lowest BCUT2D eigenvalue weighted by Crippen LogP contribution is -2.34. The Hall–Kier alpha value is -2.38. The summed E-state index contributed by atoms with van der Waals surface area (Å²) in [7, 11) is 0. The highest BCUT2D eigenvalue weighted by Crippen LogP contribution is 2.46. The van der Waals surface area contributed by atoms with E-state index >= 15 is 0 Å². The lowest BCUT2D eigenvalue weighted by Gasteiger charge is -2.27. The van der Waals surface area contributed by atoms with Crippen LogP contribution in [0.4, 0.5) is 0 Å². The molecule has 1 fully saturated rings. The minimum absolute atomic E-state index is 0.0310. The lowest BCUT2D eigenvalue weighted by molar-refractivity contribution is -0.144. The van der Waals surface area contributed by atoms with Gasteiger partial charge < -0.3 is 9.47 Å². The van der Waals surface area contributed by atoms with Gasteiger partial charge in [-0.1, -0.05) is 29.3 Å². The number of imide groups is 1. The maximum absolute atomic E-state index is 13.0. The first-order valence-corrected chi connectivity index (χ1v) is 8.39. The summed E-state index contributed by atoms with van der Waals surface area (Å²) in [6, 6.07) is 4.62. The van der Waals surface area contributed by atoms with Crippen LogP contribution < -0.4 is 0 Å². The molecule has 1 aromatic carbocycles. The average molecular weight is 398 g/mol. The molecule has 0 aromatic heterocycles. The number of hydrogen-bond donors (Lipinski definition) is 0. The Labute approximate surface area is 158 Å². The summed E-state index contributed by atoms with van der Waals surface area (Å²) < 4.78 is 10.7. The summed E-state index contributed by atoms with van der Waals surface area (Å²) >= 11 is 12.4. The molecule has 2 aliphatic heterocycles. The van der Waals surface area contributed by atoms with Crippen LogP contribution in [-0.2, 0) is 34.3 Å². The van der Waals surface area contributed by atoms with Crippen molar-refractivity contribution >= 4 is 46.8 Å². The Morgan fingerprint density at radius 2 is 1.69 bits per heavy atom. The molecule has 0 aliphatic carbocycles. The largest absolute Gasteiger partial charge is 0.456 e. The van der Waals surface area contributed by atoms with Crippen molar-refractivity contribution in [3.8, 4) is 0 Å². The molecule has 0 N–H and O–H groups in total. The van der Waals surface area contributed by atoms with Gasteiger partial charge in [-0.25, -0.2) is 4.90 Å². The van der Waals surface area contributed by atoms with Crippen LogP contribution in [0.1, 0.15) is 32.3 Å². The molecule has 1 unspecified atom stereocenters. The van der Waals surface area contributed by atoms with Crippen LogP contribution in [-0.4, -0.2) is 28.5 Å². The zero-order chi connectivity index (χ0) is 19.2. The Balaban J connectivity index is 2.15. The lowest BCUT2D eigenvalue weighted by atomic mass is 9.91. The maximum Gasteiger partial charge on any atom is 0.308 e. The molecule has 2 aliphatic rings. The smallest absolute Gasteiger partial charge is 0.308 e. The van der Waals surface area contributed by atoms with Gasteiger partial charge in [-0.05, 0) is 19.1 Å². The monoisotopic (exact) mass is 397 g/mol. The molecule has 7 nitrogen and oxygen atoms in total. The molecular formula is C17H13Cl2NO6. The number of carbonyl (C=O) groups is 4. The number of esters is 1. The number of ketones is 1. The third-order valence-electron chi connectivity index (χ3n) is 4.07. The van der Waals surface area contributed by atoms with E-state index in [-0.39, 0.29) is 28.5 Å². The number of likely N-dealkylation sites (tertiary alicyclic amines) is 1. The second-order valence-electron chi connectivity index (χ2n) is 5.91. The zero-order valence-electron chi connectivity index (χ0n) is 13.8. The van der Waals surface area contributed by atoms with Gasteiger partial charge in [-0.15, -0.1) is 0 Å². The van der Waals surface area contributed by atoms with Crippen molar-refractivity contribution in [2.24, 2.45) is 0 Å². The number of Topliss-reactive ketones (excluding diaryl/α,β-unsaturated/α-hetero) is 1. The SMILES string of the molecule is CC(=O)OC1=C(N2C(=O)CCC2=O)OC(C)(c2c(Cl)cccc2Cl)C1=O. The molecule has 0 radical (unpaired) electrons. The molecule has 2 amide bonds. The van der Waals surface area contributed by atoms with Crippen LogP contribution in [0.3, 0.4) is 0 Å². The predicted molar refractivity (Wildman–Crippen MR) is 89.8 cm³/mol. The van der Waals surface area contributed by atoms with Crippen LogP contribution in [0.15, 0.2) is 29.8 Å². The van der Waals surface area contributed by atoms with Gasteiger partial charge in [-0.2, -0.15) is 0 Å². The van der Waals surface area contributed by atoms with E-state index in [9.17, 15) is 19.2 Å². The number of nitrogens with zero attached hydrogens (tertiary/aromatic N) is 1. The fourth-order valence-corrected chi connectivity index (χ4v) is 3.66. The minimum Gasteiger partial charge on any atom is -0.456 e. The Morgan fingerprint density at radius 3 is 2.19 bits per heavy atom. The number of halogens is 2. The van der Waals surface area contributed by atoms with Crippen molar-refractivity contribution in [3.05, 3.63) is 45.5 Å². The molecule has 9 heteroatoms. The molecule has 1 saturated heterocycles. The van der Waals surface area contributed by atoms with Crippen molar-refractivity contribution in [1.82, 2.24) is 4.90 Å². The van der Waals surface area contributed by atoms with E-state index in [4.69, 9.17) is 32.7 Å². The van der Waals surface area contributed by atoms with Crippen LogP contribution in [0.2, 0.25) is 10.0 Å². The number of rotatable bonds is 3. The highest BCUT2D eigenvalue weighted by atomic mass is 35.5. The number of benzene rings is 1. The zero-order valence-corrected chi connectivity index (χ0v) is 15.3. The van der Waals surface area contributed by atoms with Gasteiger partial charge in [0.2, 0.25) is 23.2 Å². The van der Waals surface area contributed by atoms with Crippen LogP contribution in [0.25, 0.3) is 0 Å². The first kappa shape index (κ1) is 18.4. The minimum atomic E-state index is -1.77. The molecule has 0 spiro atoms. The van der Waals surface area contributed by atoms with Crippen LogP contribution in [0, 0.1) is 0 Å². The van der Waals surface area contributed by atoms with Crippen molar-refractivity contribution < 1.29 is 28.7 Å². The van der Waals surface area contributed by atoms with Crippen molar-refractivity contribution in [1.29, 1.82) is 0 Å². The summed E-state index contributed by atoms with van der Waals surface area (Å²) in [5.74, 6) is -3.64. The van der Waals surface area contributed by atoms with E-state index in [0.29, 0.717) is 4.90 Å². The van der Waals surface area contributed by atoms with Gasteiger partial charge in [0.15, 0.2) is 0 Å². The van der Waals surface area contributed by atoms with Gasteiger partial charge in [0.25, 0.3) is 11.7 Å². The fourth-order valence-electron chi connectivity index (χ4n) is 2.90. The summed E-state index contributed by atoms with van der Waals surface area (Å²) in [4.78, 5) is 49.3. The van der Waals surface area contributed by atoms with Gasteiger partial charge in [0, 0.05) is 35.4 Å². The average Bonchev–Trinajstić information content (AvgIpc) is 2.99. The van der Waals surface area contributed by atoms with E-state index in [1.54, 1.807) is 6.07 Å². The summed E-state index contributed by atoms with van der Waals surface area (Å²) in [6.07, 6.45) is -0.0619. The second-order valence-corrected chi connectivity index (χ2v) is 6.73. The van der Waals surface area contributed by atoms with Gasteiger partial charge in [-0.3, -0.25) is 19.2 Å². The fraction of sp³-hybridized carbons (Fsp3) is 0.294. The molecular weight excluding hydrogens is 385 g/mol. The van der Waals surface area contributed by atoms with Gasteiger partial charge >= 0.3 is 5.97 Å².